The van der Waals surface area contributed by atoms with E-state index in [9.17, 15) is 0 Å². The zero-order valence-electron chi connectivity index (χ0n) is 10.1. The lowest BCUT2D eigenvalue weighted by Crippen LogP contribution is -2.12. The molecule has 1 aliphatic rings. The van der Waals surface area contributed by atoms with Crippen molar-refractivity contribution in [1.29, 1.82) is 0 Å². The van der Waals surface area contributed by atoms with Gasteiger partial charge in [-0.15, -0.1) is 0 Å². The summed E-state index contributed by atoms with van der Waals surface area (Å²) in [6.07, 6.45) is 1.15. The first-order valence-electron chi connectivity index (χ1n) is 5.85. The summed E-state index contributed by atoms with van der Waals surface area (Å²) >= 11 is 0. The summed E-state index contributed by atoms with van der Waals surface area (Å²) in [5.74, 6) is 1.19. The van der Waals surface area contributed by atoms with Gasteiger partial charge in [-0.3, -0.25) is 0 Å². The fourth-order valence-electron chi connectivity index (χ4n) is 2.00. The topological polar surface area (TPSA) is 63.8 Å². The van der Waals surface area contributed by atoms with Crippen LogP contribution in [0.15, 0.2) is 24.3 Å². The van der Waals surface area contributed by atoms with E-state index in [0.717, 1.165) is 17.5 Å². The van der Waals surface area contributed by atoms with E-state index in [1.807, 2.05) is 24.3 Å². The molecule has 0 amide bonds. The number of para-hydroxylation sites is 2. The number of nitrogens with two attached hydrogens (primary N) is 1. The summed E-state index contributed by atoms with van der Waals surface area (Å²) < 4.78 is 0. The van der Waals surface area contributed by atoms with Crippen LogP contribution < -0.4 is 11.1 Å². The second-order valence-corrected chi connectivity index (χ2v) is 5.34. The zero-order valence-corrected chi connectivity index (χ0v) is 10.1. The number of nitrogens with one attached hydrogen (secondary N) is 1. The summed E-state index contributed by atoms with van der Waals surface area (Å²) in [4.78, 5) is 8.88. The van der Waals surface area contributed by atoms with Gasteiger partial charge in [0.25, 0.3) is 0 Å². The van der Waals surface area contributed by atoms with E-state index in [4.69, 9.17) is 5.73 Å². The number of rotatable bonds is 2. The second kappa shape index (κ2) is 3.32. The van der Waals surface area contributed by atoms with Gasteiger partial charge in [0.2, 0.25) is 0 Å². The third-order valence-corrected chi connectivity index (χ3v) is 3.42. The molecule has 1 aromatic carbocycles. The maximum Gasteiger partial charge on any atom is 0.169 e. The Morgan fingerprint density at radius 2 is 1.82 bits per heavy atom. The van der Waals surface area contributed by atoms with Gasteiger partial charge in [0.1, 0.15) is 0 Å². The van der Waals surface area contributed by atoms with Crippen LogP contribution in [-0.4, -0.2) is 16.0 Å². The van der Waals surface area contributed by atoms with E-state index in [2.05, 4.69) is 29.1 Å². The fourth-order valence-corrected chi connectivity index (χ4v) is 2.00. The Morgan fingerprint density at radius 3 is 2.41 bits per heavy atom. The lowest BCUT2D eigenvalue weighted by molar-refractivity contribution is 0.630. The smallest absolute Gasteiger partial charge is 0.169 e. The molecule has 0 spiro atoms. The van der Waals surface area contributed by atoms with Crippen molar-refractivity contribution < 1.29 is 0 Å². The lowest BCUT2D eigenvalue weighted by Gasteiger charge is -2.10. The Labute approximate surface area is 100 Å². The third-order valence-electron chi connectivity index (χ3n) is 3.42. The molecule has 17 heavy (non-hydrogen) atoms. The largest absolute Gasteiger partial charge is 0.381 e. The number of anilines is 2. The van der Waals surface area contributed by atoms with Crippen LogP contribution in [0.5, 0.6) is 0 Å². The molecular weight excluding hydrogens is 212 g/mol. The maximum atomic E-state index is 5.92. The average Bonchev–Trinajstić information content (AvgIpc) is 2.87. The Bertz CT molecular complexity index is 577. The lowest BCUT2D eigenvalue weighted by atomic mass is 10.2. The minimum Gasteiger partial charge on any atom is -0.381 e. The van der Waals surface area contributed by atoms with Gasteiger partial charge in [-0.2, -0.15) is 0 Å². The zero-order chi connectivity index (χ0) is 12.0. The molecule has 88 valence electrons. The molecule has 3 rings (SSSR count). The Kier molecular flexibility index (Phi) is 2.02. The van der Waals surface area contributed by atoms with E-state index in [-0.39, 0.29) is 0 Å². The Balaban J connectivity index is 1.96. The van der Waals surface area contributed by atoms with E-state index in [0.29, 0.717) is 23.1 Å². The molecule has 0 saturated heterocycles. The van der Waals surface area contributed by atoms with Crippen LogP contribution in [0.2, 0.25) is 0 Å². The number of nitrogens with zero attached hydrogens (tertiary/aromatic N) is 2. The molecule has 0 bridgehead atoms. The highest BCUT2D eigenvalue weighted by atomic mass is 15.1. The third kappa shape index (κ3) is 1.79. The summed E-state index contributed by atoms with van der Waals surface area (Å²) in [6.45, 7) is 4.46. The van der Waals surface area contributed by atoms with Gasteiger partial charge in [0, 0.05) is 6.04 Å². The molecule has 1 aliphatic carbocycles. The summed E-state index contributed by atoms with van der Waals surface area (Å²) in [7, 11) is 0. The van der Waals surface area contributed by atoms with Crippen LogP contribution in [-0.2, 0) is 0 Å². The predicted octanol–water partition coefficient (Wildman–Crippen LogP) is 2.42. The minimum atomic E-state index is 0.347. The molecule has 0 radical (unpaired) electrons. The first-order valence-corrected chi connectivity index (χ1v) is 5.85. The summed E-state index contributed by atoms with van der Waals surface area (Å²) in [6, 6.07) is 8.22. The molecule has 1 fully saturated rings. The van der Waals surface area contributed by atoms with Gasteiger partial charge in [-0.25, -0.2) is 9.97 Å². The second-order valence-electron chi connectivity index (χ2n) is 5.34. The van der Waals surface area contributed by atoms with Crippen LogP contribution in [0.25, 0.3) is 11.0 Å². The van der Waals surface area contributed by atoms with Crippen molar-refractivity contribution in [3.05, 3.63) is 24.3 Å². The summed E-state index contributed by atoms with van der Waals surface area (Å²) in [5, 5.41) is 3.37. The van der Waals surface area contributed by atoms with Crippen LogP contribution in [0.3, 0.4) is 0 Å². The van der Waals surface area contributed by atoms with Gasteiger partial charge in [-0.1, -0.05) is 26.0 Å². The van der Waals surface area contributed by atoms with Crippen molar-refractivity contribution >= 4 is 22.7 Å². The van der Waals surface area contributed by atoms with Crippen molar-refractivity contribution in [3.63, 3.8) is 0 Å². The van der Waals surface area contributed by atoms with Gasteiger partial charge in [0.05, 0.1) is 11.0 Å². The molecule has 3 N–H and O–H groups in total. The number of fused-ring (bicyclic) bond motifs is 1. The van der Waals surface area contributed by atoms with E-state index < -0.39 is 0 Å². The number of hydrogen-bond donors (Lipinski definition) is 2. The van der Waals surface area contributed by atoms with Crippen molar-refractivity contribution in [3.8, 4) is 0 Å². The summed E-state index contributed by atoms with van der Waals surface area (Å²) in [5.41, 5.74) is 7.98. The predicted molar refractivity (Wildman–Crippen MR) is 69.8 cm³/mol. The number of nitrogen functional groups attached to an aromatic ring is 1. The molecule has 1 atom stereocenters. The molecule has 1 saturated carbocycles. The van der Waals surface area contributed by atoms with E-state index in [1.54, 1.807) is 0 Å². The highest BCUT2D eigenvalue weighted by molar-refractivity contribution is 5.79. The number of aromatic nitrogens is 2. The molecule has 1 aromatic heterocycles. The van der Waals surface area contributed by atoms with Crippen molar-refractivity contribution in [1.82, 2.24) is 9.97 Å². The molecule has 4 heteroatoms. The quantitative estimate of drug-likeness (QED) is 0.828. The molecular formula is C13H16N4. The molecule has 4 nitrogen and oxygen atoms in total. The van der Waals surface area contributed by atoms with Crippen molar-refractivity contribution in [2.75, 3.05) is 11.1 Å². The Morgan fingerprint density at radius 1 is 1.24 bits per heavy atom. The van der Waals surface area contributed by atoms with E-state index >= 15 is 0 Å². The number of hydrogen-bond acceptors (Lipinski definition) is 4. The van der Waals surface area contributed by atoms with Crippen LogP contribution >= 0.6 is 0 Å². The van der Waals surface area contributed by atoms with Crippen molar-refractivity contribution in [2.24, 2.45) is 5.41 Å². The maximum absolute atomic E-state index is 5.92. The average molecular weight is 228 g/mol. The highest BCUT2D eigenvalue weighted by Crippen LogP contribution is 2.46. The standard InChI is InChI=1S/C13H16N4/c1-13(2)7-10(13)17-12-11(14)15-8-5-3-4-6-9(8)16-12/h3-6,10H,7H2,1-2H3,(H2,14,15)(H,16,17). The Hall–Kier alpha value is -1.84. The number of benzene rings is 1. The highest BCUT2D eigenvalue weighted by Gasteiger charge is 2.46. The minimum absolute atomic E-state index is 0.347. The van der Waals surface area contributed by atoms with Gasteiger partial charge >= 0.3 is 0 Å². The van der Waals surface area contributed by atoms with Crippen LogP contribution in [0.1, 0.15) is 20.3 Å². The first-order chi connectivity index (χ1) is 8.06. The normalized spacial score (nSPS) is 21.4. The fraction of sp³-hybridized carbons (Fsp3) is 0.385. The first kappa shape index (κ1) is 10.3. The van der Waals surface area contributed by atoms with Gasteiger partial charge in [-0.05, 0) is 24.0 Å². The van der Waals surface area contributed by atoms with E-state index in [1.165, 1.54) is 0 Å². The van der Waals surface area contributed by atoms with Crippen LogP contribution in [0.4, 0.5) is 11.6 Å². The molecule has 1 unspecified atom stereocenters. The van der Waals surface area contributed by atoms with Crippen molar-refractivity contribution in [2.45, 2.75) is 26.3 Å². The molecule has 0 aliphatic heterocycles. The SMILES string of the molecule is CC1(C)CC1Nc1nc2ccccc2nc1N. The van der Waals surface area contributed by atoms with Gasteiger partial charge < -0.3 is 11.1 Å². The van der Waals surface area contributed by atoms with Gasteiger partial charge in [0.15, 0.2) is 11.6 Å². The monoisotopic (exact) mass is 228 g/mol. The van der Waals surface area contributed by atoms with Crippen LogP contribution in [0, 0.1) is 5.41 Å². The molecule has 2 aromatic rings. The molecule has 1 heterocycles.